The molecule has 3 saturated heterocycles. The zero-order valence-electron chi connectivity index (χ0n) is 21.7. The number of carbonyl (C=O) groups is 4. The molecule has 2 bridgehead atoms. The Morgan fingerprint density at radius 2 is 1.73 bits per heavy atom. The van der Waals surface area contributed by atoms with Crippen LogP contribution >= 0.6 is 11.6 Å². The molecule has 11 heteroatoms. The van der Waals surface area contributed by atoms with Crippen LogP contribution in [0.4, 0.5) is 0 Å². The molecule has 1 spiro atoms. The summed E-state index contributed by atoms with van der Waals surface area (Å²) in [7, 11) is 0. The number of hydrogen-bond acceptors (Lipinski definition) is 10. The Labute approximate surface area is 220 Å². The van der Waals surface area contributed by atoms with Gasteiger partial charge >= 0.3 is 23.9 Å². The summed E-state index contributed by atoms with van der Waals surface area (Å²) in [5.74, 6) is -4.57. The molecule has 0 aromatic heterocycles. The monoisotopic (exact) mass is 540 g/mol. The third-order valence-electron chi connectivity index (χ3n) is 8.32. The predicted molar refractivity (Wildman–Crippen MR) is 128 cm³/mol. The molecule has 0 radical (unpaired) electrons. The molecule has 0 aromatic rings. The van der Waals surface area contributed by atoms with Crippen LogP contribution in [0.2, 0.25) is 0 Å². The third kappa shape index (κ3) is 3.99. The molecule has 4 rings (SSSR count). The second kappa shape index (κ2) is 9.10. The molecule has 11 atom stereocenters. The molecule has 204 valence electrons. The first-order chi connectivity index (χ1) is 17.1. The lowest BCUT2D eigenvalue weighted by Crippen LogP contribution is -2.78. The van der Waals surface area contributed by atoms with Crippen molar-refractivity contribution >= 4 is 35.5 Å². The van der Waals surface area contributed by atoms with E-state index in [9.17, 15) is 24.3 Å². The zero-order chi connectivity index (χ0) is 27.7. The first-order valence-electron chi connectivity index (χ1n) is 12.2. The fourth-order valence-corrected chi connectivity index (χ4v) is 7.21. The van der Waals surface area contributed by atoms with Crippen LogP contribution in [0.25, 0.3) is 0 Å². The number of alkyl halides is 1. The number of rotatable bonds is 3. The number of fused-ring (bicyclic) bond motifs is 3. The van der Waals surface area contributed by atoms with Crippen molar-refractivity contribution in [1.82, 2.24) is 0 Å². The van der Waals surface area contributed by atoms with Gasteiger partial charge in [0.25, 0.3) is 0 Å². The van der Waals surface area contributed by atoms with E-state index in [1.807, 2.05) is 0 Å². The smallest absolute Gasteiger partial charge is 0.312 e. The van der Waals surface area contributed by atoms with Crippen LogP contribution in [0.3, 0.4) is 0 Å². The Balaban J connectivity index is 2.06. The van der Waals surface area contributed by atoms with Gasteiger partial charge < -0.3 is 28.8 Å². The van der Waals surface area contributed by atoms with E-state index in [1.165, 1.54) is 20.8 Å². The molecule has 1 aliphatic carbocycles. The van der Waals surface area contributed by atoms with Crippen molar-refractivity contribution in [2.24, 2.45) is 17.3 Å². The van der Waals surface area contributed by atoms with Crippen molar-refractivity contribution in [3.8, 4) is 0 Å². The summed E-state index contributed by atoms with van der Waals surface area (Å²) in [6, 6.07) is 0. The summed E-state index contributed by atoms with van der Waals surface area (Å²) in [4.78, 5) is 50.1. The fraction of sp³-hybridized carbons (Fsp3) is 0.692. The third-order valence-corrected chi connectivity index (χ3v) is 8.86. The van der Waals surface area contributed by atoms with Gasteiger partial charge in [0.1, 0.15) is 6.10 Å². The minimum absolute atomic E-state index is 0.0450. The maximum absolute atomic E-state index is 13.1. The molecule has 4 aliphatic rings. The number of hydrogen-bond donors (Lipinski definition) is 1. The van der Waals surface area contributed by atoms with Crippen LogP contribution in [-0.4, -0.2) is 76.1 Å². The maximum atomic E-state index is 13.1. The predicted octanol–water partition coefficient (Wildman–Crippen LogP) is 1.99. The highest BCUT2D eigenvalue weighted by molar-refractivity contribution is 6.23. The van der Waals surface area contributed by atoms with Gasteiger partial charge in [0.05, 0.1) is 29.4 Å². The SMILES string of the molecule is C=C1C[C@@H](O)[C@H]2O[C@]3([C@H](OC(C)=O)[C@@H]4[C@]2(C)C=C[C@@H](OC(C)=O)[C@@]4(C)OC(C)=O)[C@@H](C)C(=O)O[C@H]3[C@H]1Cl. The molecule has 3 aliphatic heterocycles. The van der Waals surface area contributed by atoms with Gasteiger partial charge in [0, 0.05) is 26.2 Å². The second-order valence-corrected chi connectivity index (χ2v) is 11.3. The summed E-state index contributed by atoms with van der Waals surface area (Å²) in [5.41, 5.74) is -3.99. The molecule has 1 N–H and O–H groups in total. The summed E-state index contributed by atoms with van der Waals surface area (Å²) in [6.07, 6.45) is -2.27. The van der Waals surface area contributed by atoms with Gasteiger partial charge in [-0.3, -0.25) is 19.2 Å². The highest BCUT2D eigenvalue weighted by Gasteiger charge is 2.77. The molecule has 3 heterocycles. The van der Waals surface area contributed by atoms with E-state index < -0.39 is 88.2 Å². The highest BCUT2D eigenvalue weighted by Crippen LogP contribution is 2.62. The van der Waals surface area contributed by atoms with E-state index in [4.69, 9.17) is 35.3 Å². The molecule has 37 heavy (non-hydrogen) atoms. The number of aliphatic hydroxyl groups excluding tert-OH is 1. The Morgan fingerprint density at radius 3 is 2.30 bits per heavy atom. The average molecular weight is 541 g/mol. The van der Waals surface area contributed by atoms with Crippen molar-refractivity contribution < 1.29 is 48.0 Å². The summed E-state index contributed by atoms with van der Waals surface area (Å²) >= 11 is 6.77. The number of ether oxygens (including phenoxy) is 5. The summed E-state index contributed by atoms with van der Waals surface area (Å²) in [6.45, 7) is 12.6. The van der Waals surface area contributed by atoms with Crippen LogP contribution < -0.4 is 0 Å². The Kier molecular flexibility index (Phi) is 6.79. The number of halogens is 1. The minimum Gasteiger partial charge on any atom is -0.459 e. The fourth-order valence-electron chi connectivity index (χ4n) is 6.87. The lowest BCUT2D eigenvalue weighted by molar-refractivity contribution is -0.329. The van der Waals surface area contributed by atoms with Crippen molar-refractivity contribution in [1.29, 1.82) is 0 Å². The maximum Gasteiger partial charge on any atom is 0.312 e. The molecule has 0 amide bonds. The largest absolute Gasteiger partial charge is 0.459 e. The normalized spacial score (nSPS) is 46.5. The van der Waals surface area contributed by atoms with Crippen molar-refractivity contribution in [3.05, 3.63) is 24.3 Å². The van der Waals surface area contributed by atoms with Crippen LogP contribution in [-0.2, 0) is 42.9 Å². The van der Waals surface area contributed by atoms with Crippen molar-refractivity contribution in [2.45, 2.75) is 95.1 Å². The number of aliphatic hydroxyl groups is 1. The summed E-state index contributed by atoms with van der Waals surface area (Å²) in [5, 5.41) is 10.4. The van der Waals surface area contributed by atoms with Gasteiger partial charge in [0.15, 0.2) is 23.4 Å². The first-order valence-corrected chi connectivity index (χ1v) is 12.6. The Hall–Kier alpha value is -2.43. The zero-order valence-corrected chi connectivity index (χ0v) is 22.4. The van der Waals surface area contributed by atoms with E-state index in [-0.39, 0.29) is 6.42 Å². The van der Waals surface area contributed by atoms with Crippen LogP contribution in [0.5, 0.6) is 0 Å². The quantitative estimate of drug-likeness (QED) is 0.245. The molecular weight excluding hydrogens is 508 g/mol. The van der Waals surface area contributed by atoms with Gasteiger partial charge in [0.2, 0.25) is 0 Å². The van der Waals surface area contributed by atoms with E-state index in [2.05, 4.69) is 6.58 Å². The molecular formula is C26H33ClO10. The van der Waals surface area contributed by atoms with E-state index in [1.54, 1.807) is 32.9 Å². The second-order valence-electron chi connectivity index (χ2n) is 10.8. The minimum atomic E-state index is -1.68. The van der Waals surface area contributed by atoms with Crippen LogP contribution in [0, 0.1) is 17.3 Å². The van der Waals surface area contributed by atoms with Gasteiger partial charge in [-0.05, 0) is 26.3 Å². The Bertz CT molecular complexity index is 1070. The van der Waals surface area contributed by atoms with Gasteiger partial charge in [-0.2, -0.15) is 0 Å². The summed E-state index contributed by atoms with van der Waals surface area (Å²) < 4.78 is 29.8. The molecule has 3 fully saturated rings. The highest BCUT2D eigenvalue weighted by atomic mass is 35.5. The molecule has 0 aromatic carbocycles. The van der Waals surface area contributed by atoms with Gasteiger partial charge in [-0.25, -0.2) is 0 Å². The number of esters is 4. The topological polar surface area (TPSA) is 135 Å². The lowest BCUT2D eigenvalue weighted by Gasteiger charge is -2.64. The first kappa shape index (κ1) is 27.6. The Morgan fingerprint density at radius 1 is 1.11 bits per heavy atom. The van der Waals surface area contributed by atoms with Crippen LogP contribution in [0.15, 0.2) is 24.3 Å². The van der Waals surface area contributed by atoms with E-state index in [0.717, 1.165) is 0 Å². The average Bonchev–Trinajstić information content (AvgIpc) is 3.01. The van der Waals surface area contributed by atoms with Crippen molar-refractivity contribution in [3.63, 3.8) is 0 Å². The molecule has 0 saturated carbocycles. The van der Waals surface area contributed by atoms with Crippen LogP contribution in [0.1, 0.15) is 48.0 Å². The lowest BCUT2D eigenvalue weighted by atomic mass is 9.51. The molecule has 0 unspecified atom stereocenters. The van der Waals surface area contributed by atoms with Crippen molar-refractivity contribution in [2.75, 3.05) is 0 Å². The van der Waals surface area contributed by atoms with Gasteiger partial charge in [-0.1, -0.05) is 25.2 Å². The molecule has 10 nitrogen and oxygen atoms in total. The number of carbonyl (C=O) groups excluding carboxylic acids is 4. The van der Waals surface area contributed by atoms with Gasteiger partial charge in [-0.15, -0.1) is 11.6 Å². The van der Waals surface area contributed by atoms with E-state index in [0.29, 0.717) is 5.57 Å². The standard InChI is InChI=1S/C26H33ClO10/c1-11-10-16(31)20-24(6)9-8-17(33-13(3)28)25(7,36-15(5)30)19(24)22(34-14(4)29)26(37-20)12(2)23(32)35-21(26)18(11)27/h8-9,12,16-22,31H,1,10H2,2-7H3/t12-,16+,17+,18-,19+,20+,21-,22+,24-,25+,26+/m0/s1. The van der Waals surface area contributed by atoms with E-state index >= 15 is 0 Å².